The minimum Gasteiger partial charge on any atom is -1.00 e. The van der Waals surface area contributed by atoms with Gasteiger partial charge in [0.15, 0.2) is 6.73 Å². The molecular formula is C14H22ClNO2. The molecule has 0 radical (unpaired) electrons. The van der Waals surface area contributed by atoms with Crippen LogP contribution in [0.15, 0.2) is 43.0 Å². The van der Waals surface area contributed by atoms with Gasteiger partial charge in [-0.1, -0.05) is 24.8 Å². The Kier molecular flexibility index (Phi) is 8.46. The lowest BCUT2D eigenvalue weighted by Gasteiger charge is -2.27. The lowest BCUT2D eigenvalue weighted by atomic mass is 10.3. The van der Waals surface area contributed by atoms with Crippen molar-refractivity contribution in [3.8, 4) is 5.75 Å². The van der Waals surface area contributed by atoms with Crippen molar-refractivity contribution in [3.05, 3.63) is 43.0 Å². The highest BCUT2D eigenvalue weighted by molar-refractivity contribution is 5.20. The van der Waals surface area contributed by atoms with Crippen LogP contribution in [0.5, 0.6) is 5.75 Å². The van der Waals surface area contributed by atoms with Crippen molar-refractivity contribution in [1.82, 2.24) is 0 Å². The number of likely N-dealkylation sites (N-methyl/N-ethyl adjacent to an activating group) is 1. The summed E-state index contributed by atoms with van der Waals surface area (Å²) < 4.78 is 11.9. The number of para-hydroxylation sites is 1. The average Bonchev–Trinajstić information content (AvgIpc) is 2.30. The van der Waals surface area contributed by atoms with Crippen LogP contribution < -0.4 is 17.1 Å². The zero-order valence-electron chi connectivity index (χ0n) is 11.1. The minimum atomic E-state index is 0. The normalized spacial score (nSPS) is 10.6. The lowest BCUT2D eigenvalue weighted by molar-refractivity contribution is -0.904. The number of rotatable bonds is 8. The molecule has 0 heterocycles. The highest BCUT2D eigenvalue weighted by atomic mass is 35.5. The largest absolute Gasteiger partial charge is 1.00 e. The van der Waals surface area contributed by atoms with Gasteiger partial charge < -0.3 is 26.4 Å². The standard InChI is InChI=1S/C14H22NO2.ClH/c1-4-10-15(2,3)13-16-11-12-17-14-8-6-5-7-9-14;/h4-9H,1,10-13H2,2-3H3;1H/q+1;/p-1. The van der Waals surface area contributed by atoms with Gasteiger partial charge in [0.05, 0.1) is 27.2 Å². The summed E-state index contributed by atoms with van der Waals surface area (Å²) in [6, 6.07) is 9.77. The first kappa shape index (κ1) is 17.0. The maximum atomic E-state index is 5.57. The van der Waals surface area contributed by atoms with E-state index in [1.54, 1.807) is 0 Å². The Bertz CT molecular complexity index is 328. The van der Waals surface area contributed by atoms with Crippen LogP contribution in [0.1, 0.15) is 0 Å². The van der Waals surface area contributed by atoms with Crippen LogP contribution in [0.25, 0.3) is 0 Å². The third-order valence-corrected chi connectivity index (χ3v) is 2.30. The smallest absolute Gasteiger partial charge is 0.183 e. The van der Waals surface area contributed by atoms with Crippen LogP contribution in [0.3, 0.4) is 0 Å². The fourth-order valence-corrected chi connectivity index (χ4v) is 1.45. The minimum absolute atomic E-state index is 0. The fraction of sp³-hybridized carbons (Fsp3) is 0.429. The molecule has 0 saturated carbocycles. The summed E-state index contributed by atoms with van der Waals surface area (Å²) in [5, 5.41) is 0. The number of hydrogen-bond acceptors (Lipinski definition) is 2. The van der Waals surface area contributed by atoms with Crippen molar-refractivity contribution in [1.29, 1.82) is 0 Å². The number of halogens is 1. The second kappa shape index (κ2) is 8.97. The molecule has 1 aromatic rings. The second-order valence-corrected chi connectivity index (χ2v) is 4.61. The van der Waals surface area contributed by atoms with Gasteiger partial charge in [0.2, 0.25) is 0 Å². The zero-order valence-corrected chi connectivity index (χ0v) is 11.9. The van der Waals surface area contributed by atoms with Crippen LogP contribution in [-0.4, -0.2) is 45.1 Å². The highest BCUT2D eigenvalue weighted by Gasteiger charge is 2.11. The molecule has 0 aliphatic rings. The second-order valence-electron chi connectivity index (χ2n) is 4.61. The lowest BCUT2D eigenvalue weighted by Crippen LogP contribution is -3.00. The molecule has 0 amide bonds. The fourth-order valence-electron chi connectivity index (χ4n) is 1.45. The number of quaternary nitrogens is 1. The van der Waals surface area contributed by atoms with E-state index < -0.39 is 0 Å². The van der Waals surface area contributed by atoms with Crippen molar-refractivity contribution >= 4 is 0 Å². The molecule has 0 saturated heterocycles. The van der Waals surface area contributed by atoms with Crippen LogP contribution in [0, 0.1) is 0 Å². The molecule has 0 aromatic heterocycles. The van der Waals surface area contributed by atoms with Gasteiger partial charge in [0, 0.05) is 0 Å². The molecule has 0 aliphatic carbocycles. The van der Waals surface area contributed by atoms with Crippen LogP contribution in [0.4, 0.5) is 0 Å². The van der Waals surface area contributed by atoms with E-state index in [1.807, 2.05) is 36.4 Å². The number of hydrogen-bond donors (Lipinski definition) is 0. The third-order valence-electron chi connectivity index (χ3n) is 2.30. The Hall–Kier alpha value is -1.03. The van der Waals surface area contributed by atoms with E-state index in [4.69, 9.17) is 9.47 Å². The van der Waals surface area contributed by atoms with Gasteiger partial charge in [-0.05, 0) is 18.2 Å². The van der Waals surface area contributed by atoms with E-state index in [2.05, 4.69) is 20.7 Å². The molecular weight excluding hydrogens is 250 g/mol. The highest BCUT2D eigenvalue weighted by Crippen LogP contribution is 2.07. The Morgan fingerprint density at radius 1 is 1.17 bits per heavy atom. The van der Waals surface area contributed by atoms with Gasteiger partial charge in [0.1, 0.15) is 12.4 Å². The molecule has 0 N–H and O–H groups in total. The van der Waals surface area contributed by atoms with Crippen molar-refractivity contribution in [2.75, 3.05) is 40.6 Å². The summed E-state index contributed by atoms with van der Waals surface area (Å²) in [6.45, 7) is 6.49. The van der Waals surface area contributed by atoms with Gasteiger partial charge in [-0.2, -0.15) is 0 Å². The molecule has 0 aliphatic heterocycles. The van der Waals surface area contributed by atoms with E-state index in [0.29, 0.717) is 19.9 Å². The van der Waals surface area contributed by atoms with Gasteiger partial charge >= 0.3 is 0 Å². The molecule has 18 heavy (non-hydrogen) atoms. The maximum absolute atomic E-state index is 5.57. The van der Waals surface area contributed by atoms with E-state index in [1.165, 1.54) is 0 Å². The molecule has 102 valence electrons. The molecule has 4 heteroatoms. The first-order chi connectivity index (χ1) is 8.14. The first-order valence-electron chi connectivity index (χ1n) is 5.82. The zero-order chi connectivity index (χ0) is 12.6. The summed E-state index contributed by atoms with van der Waals surface area (Å²) in [4.78, 5) is 0. The topological polar surface area (TPSA) is 18.5 Å². The number of benzene rings is 1. The Balaban J connectivity index is 0.00000289. The van der Waals surface area contributed by atoms with Crippen molar-refractivity contribution in [3.63, 3.8) is 0 Å². The van der Waals surface area contributed by atoms with Gasteiger partial charge in [-0.25, -0.2) is 0 Å². The van der Waals surface area contributed by atoms with Crippen LogP contribution in [-0.2, 0) is 4.74 Å². The molecule has 1 aromatic carbocycles. The van der Waals surface area contributed by atoms with E-state index >= 15 is 0 Å². The molecule has 1 rings (SSSR count). The predicted molar refractivity (Wildman–Crippen MR) is 69.9 cm³/mol. The summed E-state index contributed by atoms with van der Waals surface area (Å²) in [6.07, 6.45) is 1.91. The third kappa shape index (κ3) is 7.33. The molecule has 3 nitrogen and oxygen atoms in total. The molecule has 0 atom stereocenters. The Morgan fingerprint density at radius 3 is 2.44 bits per heavy atom. The SMILES string of the molecule is C=CC[N+](C)(C)COCCOc1ccccc1.[Cl-]. The van der Waals surface area contributed by atoms with Crippen LogP contribution >= 0.6 is 0 Å². The number of ether oxygens (including phenoxy) is 2. The van der Waals surface area contributed by atoms with Crippen molar-refractivity contribution in [2.45, 2.75) is 0 Å². The van der Waals surface area contributed by atoms with E-state index in [9.17, 15) is 0 Å². The molecule has 0 unspecified atom stereocenters. The molecule has 0 bridgehead atoms. The summed E-state index contributed by atoms with van der Waals surface area (Å²) >= 11 is 0. The molecule has 0 spiro atoms. The predicted octanol–water partition coefficient (Wildman–Crippen LogP) is -0.694. The summed E-state index contributed by atoms with van der Waals surface area (Å²) in [5.74, 6) is 0.885. The van der Waals surface area contributed by atoms with E-state index in [-0.39, 0.29) is 12.4 Å². The average molecular weight is 272 g/mol. The van der Waals surface area contributed by atoms with Gasteiger partial charge in [0.25, 0.3) is 0 Å². The first-order valence-corrected chi connectivity index (χ1v) is 5.82. The maximum Gasteiger partial charge on any atom is 0.183 e. The quantitative estimate of drug-likeness (QED) is 0.270. The van der Waals surface area contributed by atoms with E-state index in [0.717, 1.165) is 16.8 Å². The summed E-state index contributed by atoms with van der Waals surface area (Å²) in [5.41, 5.74) is 0. The monoisotopic (exact) mass is 271 g/mol. The van der Waals surface area contributed by atoms with Crippen molar-refractivity contribution < 1.29 is 26.4 Å². The van der Waals surface area contributed by atoms with Gasteiger partial charge in [-0.15, -0.1) is 0 Å². The number of nitrogens with zero attached hydrogens (tertiary/aromatic N) is 1. The van der Waals surface area contributed by atoms with Gasteiger partial charge in [-0.3, -0.25) is 0 Å². The Morgan fingerprint density at radius 2 is 1.83 bits per heavy atom. The molecule has 0 fully saturated rings. The van der Waals surface area contributed by atoms with Crippen molar-refractivity contribution in [2.24, 2.45) is 0 Å². The van der Waals surface area contributed by atoms with Crippen LogP contribution in [0.2, 0.25) is 0 Å². The summed E-state index contributed by atoms with van der Waals surface area (Å²) in [7, 11) is 4.22. The Labute approximate surface area is 116 Å².